The lowest BCUT2D eigenvalue weighted by molar-refractivity contribution is -0.159. The largest absolute Gasteiger partial charge is 0.477 e. The van der Waals surface area contributed by atoms with Gasteiger partial charge in [0, 0.05) is 41.7 Å². The standard InChI is InChI=1S/C20H28N8O4S/c1-9-15-14(10(2)27-8-23-24-25-27)19(30)28(15)16(20(31)32)17(9)33-12-5-13(22-6-12)18(29)26-4-3-11(21)7-26/h8-15,22H,3-7,21H2,1-2H3,(H,31,32)/t9-,10-,11-,12?,13?,14-,15?/m1/s1. The lowest BCUT2D eigenvalue weighted by Crippen LogP contribution is -2.62. The van der Waals surface area contributed by atoms with Crippen molar-refractivity contribution in [3.63, 3.8) is 0 Å². The molecule has 1 aromatic heterocycles. The third-order valence-corrected chi connectivity index (χ3v) is 8.82. The molecule has 3 unspecified atom stereocenters. The van der Waals surface area contributed by atoms with Crippen molar-refractivity contribution in [2.24, 2.45) is 17.6 Å². The van der Waals surface area contributed by atoms with E-state index in [-0.39, 0.29) is 52.8 Å². The fraction of sp³-hybridized carbons (Fsp3) is 0.700. The summed E-state index contributed by atoms with van der Waals surface area (Å²) in [5.74, 6) is -1.78. The topological polar surface area (TPSA) is 160 Å². The third kappa shape index (κ3) is 3.62. The molecule has 0 bridgehead atoms. The molecule has 33 heavy (non-hydrogen) atoms. The number of rotatable bonds is 6. The highest BCUT2D eigenvalue weighted by Crippen LogP contribution is 2.53. The van der Waals surface area contributed by atoms with E-state index in [0.717, 1.165) is 6.42 Å². The number of amides is 2. The molecule has 0 aliphatic carbocycles. The molecule has 0 spiro atoms. The summed E-state index contributed by atoms with van der Waals surface area (Å²) in [6, 6.07) is -0.778. The van der Waals surface area contributed by atoms with Gasteiger partial charge in [0.25, 0.3) is 0 Å². The lowest BCUT2D eigenvalue weighted by atomic mass is 9.78. The second kappa shape index (κ2) is 8.37. The van der Waals surface area contributed by atoms with Crippen LogP contribution in [0.3, 0.4) is 0 Å². The van der Waals surface area contributed by atoms with Crippen LogP contribution in [-0.2, 0) is 14.4 Å². The van der Waals surface area contributed by atoms with E-state index in [1.54, 1.807) is 4.68 Å². The van der Waals surface area contributed by atoms with Gasteiger partial charge in [0.2, 0.25) is 11.8 Å². The smallest absolute Gasteiger partial charge is 0.353 e. The Kier molecular flexibility index (Phi) is 5.65. The van der Waals surface area contributed by atoms with Gasteiger partial charge in [0.1, 0.15) is 12.0 Å². The molecular weight excluding hydrogens is 448 g/mol. The summed E-state index contributed by atoms with van der Waals surface area (Å²) in [5, 5.41) is 24.5. The molecule has 3 saturated heterocycles. The van der Waals surface area contributed by atoms with E-state index in [1.165, 1.54) is 23.0 Å². The van der Waals surface area contributed by atoms with Gasteiger partial charge in [-0.25, -0.2) is 9.48 Å². The van der Waals surface area contributed by atoms with Gasteiger partial charge in [-0.1, -0.05) is 6.92 Å². The molecule has 2 amide bonds. The molecule has 5 heterocycles. The zero-order chi connectivity index (χ0) is 23.4. The van der Waals surface area contributed by atoms with Crippen molar-refractivity contribution in [3.05, 3.63) is 16.9 Å². The van der Waals surface area contributed by atoms with Crippen molar-refractivity contribution in [2.45, 2.75) is 56.1 Å². The number of hydrogen-bond acceptors (Lipinski definition) is 9. The molecule has 0 radical (unpaired) electrons. The van der Waals surface area contributed by atoms with Gasteiger partial charge >= 0.3 is 5.97 Å². The van der Waals surface area contributed by atoms with Crippen LogP contribution in [0.25, 0.3) is 0 Å². The minimum absolute atomic E-state index is 0.0360. The predicted molar refractivity (Wildman–Crippen MR) is 117 cm³/mol. The van der Waals surface area contributed by atoms with Gasteiger partial charge in [-0.05, 0) is 30.2 Å². The minimum Gasteiger partial charge on any atom is -0.477 e. The van der Waals surface area contributed by atoms with E-state index < -0.39 is 11.9 Å². The van der Waals surface area contributed by atoms with Gasteiger partial charge in [-0.2, -0.15) is 0 Å². The molecule has 5 rings (SSSR count). The fourth-order valence-electron chi connectivity index (χ4n) is 5.57. The maximum atomic E-state index is 13.0. The van der Waals surface area contributed by atoms with Crippen molar-refractivity contribution in [3.8, 4) is 0 Å². The Morgan fingerprint density at radius 2 is 2.18 bits per heavy atom. The SMILES string of the molecule is C[C@H]([C@H]1C(=O)N2C(C(=O)O)=C(SC3CNC(C(=O)N4CC[C@@H](N)C4)C3)[C@H](C)C12)n1cnnn1. The van der Waals surface area contributed by atoms with E-state index in [2.05, 4.69) is 20.8 Å². The number of aliphatic carboxylic acids is 1. The highest BCUT2D eigenvalue weighted by atomic mass is 32.2. The van der Waals surface area contributed by atoms with Crippen LogP contribution in [0.1, 0.15) is 32.7 Å². The second-order valence-electron chi connectivity index (χ2n) is 9.33. The van der Waals surface area contributed by atoms with Crippen molar-refractivity contribution < 1.29 is 19.5 Å². The number of hydrogen-bond donors (Lipinski definition) is 3. The summed E-state index contributed by atoms with van der Waals surface area (Å²) in [7, 11) is 0. The average Bonchev–Trinajstić information content (AvgIpc) is 3.56. The molecule has 178 valence electrons. The van der Waals surface area contributed by atoms with E-state index in [0.29, 0.717) is 31.0 Å². The number of carbonyl (C=O) groups excluding carboxylic acids is 2. The Balaban J connectivity index is 1.30. The Labute approximate surface area is 194 Å². The highest BCUT2D eigenvalue weighted by Gasteiger charge is 2.61. The molecule has 3 fully saturated rings. The van der Waals surface area contributed by atoms with Gasteiger partial charge in [-0.15, -0.1) is 16.9 Å². The van der Waals surface area contributed by atoms with Crippen LogP contribution < -0.4 is 11.1 Å². The first-order chi connectivity index (χ1) is 15.8. The number of likely N-dealkylation sites (tertiary alicyclic amines) is 1. The van der Waals surface area contributed by atoms with Crippen LogP contribution in [0.4, 0.5) is 0 Å². The summed E-state index contributed by atoms with van der Waals surface area (Å²) < 4.78 is 1.54. The Morgan fingerprint density at radius 1 is 1.39 bits per heavy atom. The number of thioether (sulfide) groups is 1. The van der Waals surface area contributed by atoms with E-state index in [9.17, 15) is 19.5 Å². The van der Waals surface area contributed by atoms with Crippen LogP contribution >= 0.6 is 11.8 Å². The van der Waals surface area contributed by atoms with E-state index in [4.69, 9.17) is 5.73 Å². The van der Waals surface area contributed by atoms with Gasteiger partial charge < -0.3 is 26.0 Å². The summed E-state index contributed by atoms with van der Waals surface area (Å²) in [6.07, 6.45) is 2.90. The Hall–Kier alpha value is -2.51. The number of nitrogens with zero attached hydrogens (tertiary/aromatic N) is 6. The molecule has 4 N–H and O–H groups in total. The second-order valence-corrected chi connectivity index (χ2v) is 10.7. The van der Waals surface area contributed by atoms with E-state index in [1.807, 2.05) is 18.7 Å². The first-order valence-corrected chi connectivity index (χ1v) is 12.1. The van der Waals surface area contributed by atoms with Crippen LogP contribution in [0.2, 0.25) is 0 Å². The van der Waals surface area contributed by atoms with Crippen molar-refractivity contribution in [1.29, 1.82) is 0 Å². The summed E-state index contributed by atoms with van der Waals surface area (Å²) >= 11 is 1.48. The molecule has 12 nitrogen and oxygen atoms in total. The number of nitrogens with two attached hydrogens (primary N) is 1. The predicted octanol–water partition coefficient (Wildman–Crippen LogP) is -0.970. The summed E-state index contributed by atoms with van der Waals surface area (Å²) in [6.45, 7) is 5.71. The minimum atomic E-state index is -1.10. The molecule has 7 atom stereocenters. The van der Waals surface area contributed by atoms with Gasteiger partial charge in [0.05, 0.1) is 24.0 Å². The summed E-state index contributed by atoms with van der Waals surface area (Å²) in [4.78, 5) is 41.9. The fourth-order valence-corrected chi connectivity index (χ4v) is 7.05. The average molecular weight is 477 g/mol. The Bertz CT molecular complexity index is 1000. The monoisotopic (exact) mass is 476 g/mol. The zero-order valence-corrected chi connectivity index (χ0v) is 19.3. The molecule has 13 heteroatoms. The normalized spacial score (nSPS) is 34.6. The van der Waals surface area contributed by atoms with Gasteiger partial charge in [0.15, 0.2) is 0 Å². The third-order valence-electron chi connectivity index (χ3n) is 7.31. The highest BCUT2D eigenvalue weighted by molar-refractivity contribution is 8.03. The van der Waals surface area contributed by atoms with Crippen LogP contribution in [0, 0.1) is 11.8 Å². The van der Waals surface area contributed by atoms with Crippen molar-refractivity contribution >= 4 is 29.5 Å². The van der Waals surface area contributed by atoms with E-state index >= 15 is 0 Å². The molecular formula is C20H28N8O4S. The quantitative estimate of drug-likeness (QED) is 0.436. The van der Waals surface area contributed by atoms with Crippen LogP contribution in [0.5, 0.6) is 0 Å². The number of aromatic nitrogens is 4. The molecule has 0 aromatic carbocycles. The molecule has 4 aliphatic rings. The molecule has 0 saturated carbocycles. The number of carboxylic acids is 1. The number of carbonyl (C=O) groups is 3. The van der Waals surface area contributed by atoms with Crippen LogP contribution in [-0.4, -0.2) is 95.9 Å². The number of fused-ring (bicyclic) bond motifs is 1. The number of tetrazole rings is 1. The van der Waals surface area contributed by atoms with Gasteiger partial charge in [-0.3, -0.25) is 9.59 Å². The first kappa shape index (κ1) is 22.3. The number of β-lactam (4-membered cyclic amide) rings is 1. The van der Waals surface area contributed by atoms with Crippen molar-refractivity contribution in [2.75, 3.05) is 19.6 Å². The maximum Gasteiger partial charge on any atom is 0.353 e. The molecule has 4 aliphatic heterocycles. The zero-order valence-electron chi connectivity index (χ0n) is 18.5. The molecule has 1 aromatic rings. The van der Waals surface area contributed by atoms with Crippen LogP contribution in [0.15, 0.2) is 16.9 Å². The number of nitrogens with one attached hydrogen (secondary N) is 1. The Morgan fingerprint density at radius 3 is 2.82 bits per heavy atom. The van der Waals surface area contributed by atoms with Crippen molar-refractivity contribution in [1.82, 2.24) is 35.3 Å². The maximum absolute atomic E-state index is 13.0. The lowest BCUT2D eigenvalue weighted by Gasteiger charge is -2.47. The number of carboxylic acid groups (broad SMARTS) is 1. The summed E-state index contributed by atoms with van der Waals surface area (Å²) in [5.41, 5.74) is 6.01. The first-order valence-electron chi connectivity index (χ1n) is 11.2.